The number of ketones is 1. The van der Waals surface area contributed by atoms with Gasteiger partial charge in [0.15, 0.2) is 5.82 Å². The van der Waals surface area contributed by atoms with E-state index in [0.717, 1.165) is 5.56 Å². The van der Waals surface area contributed by atoms with Crippen molar-refractivity contribution in [1.82, 2.24) is 9.55 Å². The molecule has 7 heteroatoms. The maximum atomic E-state index is 12.4. The molecule has 0 saturated heterocycles. The molecular formula is C19H15Cl2N3O2. The van der Waals surface area contributed by atoms with E-state index < -0.39 is 0 Å². The van der Waals surface area contributed by atoms with Crippen molar-refractivity contribution in [2.75, 3.05) is 5.32 Å². The highest BCUT2D eigenvalue weighted by atomic mass is 35.5. The van der Waals surface area contributed by atoms with Gasteiger partial charge in [-0.2, -0.15) is 0 Å². The van der Waals surface area contributed by atoms with Gasteiger partial charge in [-0.3, -0.25) is 9.59 Å². The van der Waals surface area contributed by atoms with E-state index in [1.807, 2.05) is 0 Å². The number of aryl methyl sites for hydroxylation is 1. The number of aromatic nitrogens is 2. The Hall–Kier alpha value is -2.63. The first-order chi connectivity index (χ1) is 12.4. The van der Waals surface area contributed by atoms with Crippen LogP contribution in [0.2, 0.25) is 10.0 Å². The lowest BCUT2D eigenvalue weighted by Crippen LogP contribution is -2.14. The van der Waals surface area contributed by atoms with Crippen LogP contribution in [0.5, 0.6) is 0 Å². The van der Waals surface area contributed by atoms with Crippen molar-refractivity contribution in [3.8, 4) is 0 Å². The number of carbonyl (C=O) groups is 2. The Bertz CT molecular complexity index is 965. The number of nitrogens with zero attached hydrogens (tertiary/aromatic N) is 2. The van der Waals surface area contributed by atoms with Gasteiger partial charge in [0, 0.05) is 30.7 Å². The predicted octanol–water partition coefficient (Wildman–Crippen LogP) is 4.14. The second kappa shape index (κ2) is 7.72. The molecule has 3 rings (SSSR count). The van der Waals surface area contributed by atoms with Crippen LogP contribution in [0.4, 0.5) is 5.69 Å². The Kier molecular flexibility index (Phi) is 5.40. The van der Waals surface area contributed by atoms with Crippen molar-refractivity contribution < 1.29 is 9.59 Å². The van der Waals surface area contributed by atoms with Crippen molar-refractivity contribution in [2.45, 2.75) is 6.42 Å². The van der Waals surface area contributed by atoms with Crippen LogP contribution in [-0.4, -0.2) is 21.2 Å². The summed E-state index contributed by atoms with van der Waals surface area (Å²) in [7, 11) is 1.76. The van der Waals surface area contributed by atoms with Gasteiger partial charge in [0.1, 0.15) is 0 Å². The van der Waals surface area contributed by atoms with E-state index in [9.17, 15) is 9.59 Å². The molecular weight excluding hydrogens is 373 g/mol. The van der Waals surface area contributed by atoms with Gasteiger partial charge in [-0.25, -0.2) is 4.98 Å². The summed E-state index contributed by atoms with van der Waals surface area (Å²) in [5.74, 6) is -0.000785. The highest BCUT2D eigenvalue weighted by Gasteiger charge is 2.14. The van der Waals surface area contributed by atoms with Gasteiger partial charge in [0.05, 0.1) is 16.5 Å². The minimum atomic E-state index is -0.188. The SMILES string of the molecule is Cn1ccnc1C(=O)c1ccc(NC(=O)Cc2ccc(Cl)c(Cl)c2)cc1. The molecule has 0 radical (unpaired) electrons. The predicted molar refractivity (Wildman–Crippen MR) is 102 cm³/mol. The summed E-state index contributed by atoms with van der Waals surface area (Å²) in [6.07, 6.45) is 3.46. The zero-order chi connectivity index (χ0) is 18.7. The van der Waals surface area contributed by atoms with Gasteiger partial charge in [0.25, 0.3) is 0 Å². The van der Waals surface area contributed by atoms with E-state index in [4.69, 9.17) is 23.2 Å². The molecule has 0 unspecified atom stereocenters. The lowest BCUT2D eigenvalue weighted by Gasteiger charge is -2.07. The summed E-state index contributed by atoms with van der Waals surface area (Å²) in [6, 6.07) is 11.8. The molecule has 2 aromatic carbocycles. The molecule has 26 heavy (non-hydrogen) atoms. The number of carbonyl (C=O) groups excluding carboxylic acids is 2. The third-order valence-electron chi connectivity index (χ3n) is 3.80. The van der Waals surface area contributed by atoms with Gasteiger partial charge >= 0.3 is 0 Å². The standard InChI is InChI=1S/C19H15Cl2N3O2/c1-24-9-8-22-19(24)18(26)13-3-5-14(6-4-13)23-17(25)11-12-2-7-15(20)16(21)10-12/h2-10H,11H2,1H3,(H,23,25). The Morgan fingerprint density at radius 2 is 1.81 bits per heavy atom. The molecule has 0 aliphatic carbocycles. The number of rotatable bonds is 5. The summed E-state index contributed by atoms with van der Waals surface area (Å²) in [5.41, 5.74) is 1.87. The average molecular weight is 388 g/mol. The van der Waals surface area contributed by atoms with Crippen LogP contribution < -0.4 is 5.32 Å². The Labute approximate surface area is 160 Å². The smallest absolute Gasteiger partial charge is 0.228 e. The highest BCUT2D eigenvalue weighted by Crippen LogP contribution is 2.23. The number of imidazole rings is 1. The van der Waals surface area contributed by atoms with Crippen molar-refractivity contribution in [1.29, 1.82) is 0 Å². The maximum absolute atomic E-state index is 12.4. The zero-order valence-corrected chi connectivity index (χ0v) is 15.4. The molecule has 1 aromatic heterocycles. The number of hydrogen-bond acceptors (Lipinski definition) is 3. The normalized spacial score (nSPS) is 10.6. The molecule has 1 amide bonds. The van der Waals surface area contributed by atoms with Crippen LogP contribution in [0.25, 0.3) is 0 Å². The number of halogens is 2. The molecule has 0 aliphatic heterocycles. The van der Waals surface area contributed by atoms with E-state index in [1.54, 1.807) is 66.5 Å². The summed E-state index contributed by atoms with van der Waals surface area (Å²) >= 11 is 11.8. The van der Waals surface area contributed by atoms with E-state index in [0.29, 0.717) is 27.1 Å². The van der Waals surface area contributed by atoms with E-state index in [1.165, 1.54) is 0 Å². The Morgan fingerprint density at radius 1 is 1.08 bits per heavy atom. The van der Waals surface area contributed by atoms with Crippen molar-refractivity contribution in [2.24, 2.45) is 7.05 Å². The summed E-state index contributed by atoms with van der Waals surface area (Å²) < 4.78 is 1.66. The topological polar surface area (TPSA) is 64.0 Å². The molecule has 0 spiro atoms. The van der Waals surface area contributed by atoms with Gasteiger partial charge in [-0.05, 0) is 42.0 Å². The van der Waals surface area contributed by atoms with Crippen LogP contribution in [0, 0.1) is 0 Å². The fraction of sp³-hybridized carbons (Fsp3) is 0.105. The van der Waals surface area contributed by atoms with E-state index in [-0.39, 0.29) is 18.1 Å². The summed E-state index contributed by atoms with van der Waals surface area (Å²) in [4.78, 5) is 28.6. The molecule has 0 fully saturated rings. The van der Waals surface area contributed by atoms with Crippen LogP contribution in [-0.2, 0) is 18.3 Å². The lowest BCUT2D eigenvalue weighted by atomic mass is 10.1. The first kappa shape index (κ1) is 18.2. The van der Waals surface area contributed by atoms with Crippen molar-refractivity contribution in [3.63, 3.8) is 0 Å². The first-order valence-electron chi connectivity index (χ1n) is 7.80. The number of amides is 1. The third-order valence-corrected chi connectivity index (χ3v) is 4.54. The molecule has 0 aliphatic rings. The molecule has 132 valence electrons. The first-order valence-corrected chi connectivity index (χ1v) is 8.55. The van der Waals surface area contributed by atoms with E-state index >= 15 is 0 Å². The maximum Gasteiger partial charge on any atom is 0.228 e. The monoisotopic (exact) mass is 387 g/mol. The number of nitrogens with one attached hydrogen (secondary N) is 1. The lowest BCUT2D eigenvalue weighted by molar-refractivity contribution is -0.115. The largest absolute Gasteiger partial charge is 0.331 e. The fourth-order valence-corrected chi connectivity index (χ4v) is 2.78. The number of hydrogen-bond donors (Lipinski definition) is 1. The molecule has 1 heterocycles. The Morgan fingerprint density at radius 3 is 2.42 bits per heavy atom. The molecule has 5 nitrogen and oxygen atoms in total. The van der Waals surface area contributed by atoms with E-state index in [2.05, 4.69) is 10.3 Å². The molecule has 1 N–H and O–H groups in total. The van der Waals surface area contributed by atoms with Gasteiger partial charge in [-0.15, -0.1) is 0 Å². The second-order valence-electron chi connectivity index (χ2n) is 5.74. The van der Waals surface area contributed by atoms with Crippen LogP contribution in [0.3, 0.4) is 0 Å². The average Bonchev–Trinajstić information content (AvgIpc) is 3.04. The molecule has 3 aromatic rings. The van der Waals surface area contributed by atoms with Crippen LogP contribution >= 0.6 is 23.2 Å². The Balaban J connectivity index is 1.65. The highest BCUT2D eigenvalue weighted by molar-refractivity contribution is 6.42. The molecule has 0 bridgehead atoms. The molecule has 0 atom stereocenters. The second-order valence-corrected chi connectivity index (χ2v) is 6.56. The zero-order valence-electron chi connectivity index (χ0n) is 13.9. The van der Waals surface area contributed by atoms with Crippen LogP contribution in [0.15, 0.2) is 54.9 Å². The minimum Gasteiger partial charge on any atom is -0.331 e. The van der Waals surface area contributed by atoms with Crippen molar-refractivity contribution in [3.05, 3.63) is 81.9 Å². The summed E-state index contributed by atoms with van der Waals surface area (Å²) in [6.45, 7) is 0. The fourth-order valence-electron chi connectivity index (χ4n) is 2.46. The van der Waals surface area contributed by atoms with Gasteiger partial charge < -0.3 is 9.88 Å². The summed E-state index contributed by atoms with van der Waals surface area (Å²) in [5, 5.41) is 3.65. The van der Waals surface area contributed by atoms with Gasteiger partial charge in [0.2, 0.25) is 11.7 Å². The number of benzene rings is 2. The quantitative estimate of drug-likeness (QED) is 0.669. The minimum absolute atomic E-state index is 0.171. The molecule has 0 saturated carbocycles. The van der Waals surface area contributed by atoms with Crippen LogP contribution in [0.1, 0.15) is 21.7 Å². The third kappa shape index (κ3) is 4.12. The number of anilines is 1. The van der Waals surface area contributed by atoms with Crippen molar-refractivity contribution >= 4 is 40.6 Å². The van der Waals surface area contributed by atoms with Gasteiger partial charge in [-0.1, -0.05) is 29.3 Å².